The van der Waals surface area contributed by atoms with Gasteiger partial charge in [0.15, 0.2) is 5.69 Å². The summed E-state index contributed by atoms with van der Waals surface area (Å²) in [6.45, 7) is 7.43. The van der Waals surface area contributed by atoms with E-state index in [1.807, 2.05) is 20.8 Å². The quantitative estimate of drug-likeness (QED) is 0.406. The molecular weight excluding hydrogens is 568 g/mol. The molecule has 1 aliphatic heterocycles. The maximum Gasteiger partial charge on any atom is 0.410 e. The molecule has 16 heteroatoms. The second-order valence-electron chi connectivity index (χ2n) is 12.0. The van der Waals surface area contributed by atoms with Crippen LogP contribution in [0.15, 0.2) is 17.0 Å². The number of aromatic nitrogens is 6. The van der Waals surface area contributed by atoms with Gasteiger partial charge in [0.05, 0.1) is 42.0 Å². The Balaban J connectivity index is 0.00000423. The molecule has 4 heterocycles. The fourth-order valence-corrected chi connectivity index (χ4v) is 5.56. The zero-order valence-electron chi connectivity index (χ0n) is 25.0. The Morgan fingerprint density at radius 2 is 1.88 bits per heavy atom. The van der Waals surface area contributed by atoms with Gasteiger partial charge in [-0.05, 0) is 64.5 Å². The number of imidazole rings is 1. The largest absolute Gasteiger partial charge is 0.444 e. The molecule has 3 atom stereocenters. The number of hydrogen-bond donors (Lipinski definition) is 2. The predicted octanol–water partition coefficient (Wildman–Crippen LogP) is 4.36. The van der Waals surface area contributed by atoms with E-state index in [2.05, 4.69) is 30.3 Å². The zero-order chi connectivity index (χ0) is 30.2. The van der Waals surface area contributed by atoms with Crippen molar-refractivity contribution in [3.63, 3.8) is 0 Å². The van der Waals surface area contributed by atoms with Crippen LogP contribution in [0.25, 0.3) is 5.78 Å². The summed E-state index contributed by atoms with van der Waals surface area (Å²) in [6.07, 6.45) is 3.62. The van der Waals surface area contributed by atoms with Crippen molar-refractivity contribution in [3.05, 3.63) is 35.2 Å². The first-order valence-corrected chi connectivity index (χ1v) is 14.1. The number of rotatable bonds is 6. The summed E-state index contributed by atoms with van der Waals surface area (Å²) in [5.74, 6) is -3.35. The second kappa shape index (κ2) is 12.4. The van der Waals surface area contributed by atoms with Crippen molar-refractivity contribution in [1.29, 1.82) is 0 Å². The third-order valence-electron chi connectivity index (χ3n) is 7.80. The van der Waals surface area contributed by atoms with Crippen molar-refractivity contribution >= 4 is 17.8 Å². The average Bonchev–Trinajstić information content (AvgIpc) is 3.56. The van der Waals surface area contributed by atoms with E-state index in [4.69, 9.17) is 14.5 Å². The molecule has 2 amide bonds. The Morgan fingerprint density at radius 1 is 1.16 bits per heavy atom. The summed E-state index contributed by atoms with van der Waals surface area (Å²) in [5.41, 5.74) is 0.578. The fraction of sp³-hybridized carbons (Fsp3) is 0.667. The highest BCUT2D eigenvalue weighted by Gasteiger charge is 2.40. The van der Waals surface area contributed by atoms with E-state index in [0.717, 1.165) is 0 Å². The number of carbonyl (C=O) groups is 2. The predicted molar refractivity (Wildman–Crippen MR) is 148 cm³/mol. The molecule has 2 aliphatic rings. The van der Waals surface area contributed by atoms with E-state index >= 15 is 0 Å². The van der Waals surface area contributed by atoms with Crippen molar-refractivity contribution in [2.24, 2.45) is 5.92 Å². The van der Waals surface area contributed by atoms with Gasteiger partial charge in [-0.1, -0.05) is 5.16 Å². The lowest BCUT2D eigenvalue weighted by Crippen LogP contribution is -2.45. The maximum atomic E-state index is 14.0. The van der Waals surface area contributed by atoms with Crippen LogP contribution in [0.3, 0.4) is 0 Å². The lowest BCUT2D eigenvalue weighted by atomic mass is 9.81. The molecule has 236 valence electrons. The number of halogens is 2. The molecule has 0 spiro atoms. The van der Waals surface area contributed by atoms with Gasteiger partial charge in [0.25, 0.3) is 11.7 Å². The lowest BCUT2D eigenvalue weighted by molar-refractivity contribution is -0.0495. The number of nitrogens with one attached hydrogen (secondary N) is 1. The Morgan fingerprint density at radius 3 is 2.51 bits per heavy atom. The summed E-state index contributed by atoms with van der Waals surface area (Å²) in [5, 5.41) is 14.7. The van der Waals surface area contributed by atoms with Crippen LogP contribution in [-0.4, -0.2) is 78.1 Å². The normalized spacial score (nSPS) is 21.7. The first kappa shape index (κ1) is 32.1. The third-order valence-corrected chi connectivity index (χ3v) is 7.80. The third kappa shape index (κ3) is 7.24. The summed E-state index contributed by atoms with van der Waals surface area (Å²) in [6, 6.07) is -1.17. The van der Waals surface area contributed by atoms with Gasteiger partial charge >= 0.3 is 6.09 Å². The summed E-state index contributed by atoms with van der Waals surface area (Å²) in [7, 11) is 1.63. The molecule has 4 N–H and O–H groups in total. The van der Waals surface area contributed by atoms with Gasteiger partial charge in [0, 0.05) is 26.5 Å². The molecule has 3 aromatic heterocycles. The van der Waals surface area contributed by atoms with E-state index in [0.29, 0.717) is 36.5 Å². The van der Waals surface area contributed by atoms with Gasteiger partial charge < -0.3 is 20.9 Å². The number of hydrogen-bond acceptors (Lipinski definition) is 11. The number of ether oxygens (including phenoxy) is 2. The Hall–Kier alpha value is -3.79. The molecule has 0 bridgehead atoms. The maximum absolute atomic E-state index is 14.0. The summed E-state index contributed by atoms with van der Waals surface area (Å²) in [4.78, 5) is 37.2. The number of aryl methyl sites for hydroxylation is 1. The molecule has 0 radical (unpaired) electrons. The number of fused-ring (bicyclic) bond motifs is 1. The fourth-order valence-electron chi connectivity index (χ4n) is 5.56. The van der Waals surface area contributed by atoms with Crippen molar-refractivity contribution in [2.75, 3.05) is 13.7 Å². The molecule has 43 heavy (non-hydrogen) atoms. The van der Waals surface area contributed by atoms with E-state index in [-0.39, 0.29) is 55.3 Å². The number of nitrogens with zero attached hydrogens (tertiary/aromatic N) is 7. The molecular formula is C27H39F2N9O5. The van der Waals surface area contributed by atoms with Gasteiger partial charge in [0.1, 0.15) is 11.3 Å². The SMILES string of the molecule is COC1CCN(C(=O)OC(C)(C)C)C(c2cnn3cc([C@@H](NC(=O)c4nonc4C)C4CCC(F)(F)CC4)nc3n2)C1.N. The van der Waals surface area contributed by atoms with Crippen LogP contribution in [0.4, 0.5) is 13.6 Å². The molecule has 0 aromatic carbocycles. The topological polar surface area (TPSA) is 185 Å². The number of piperidine rings is 1. The number of alkyl halides is 2. The number of methoxy groups -OCH3 is 1. The highest BCUT2D eigenvalue weighted by Crippen LogP contribution is 2.41. The number of carbonyl (C=O) groups excluding carboxylic acids is 2. The van der Waals surface area contributed by atoms with E-state index < -0.39 is 35.6 Å². The van der Waals surface area contributed by atoms with Crippen molar-refractivity contribution < 1.29 is 32.5 Å². The Bertz CT molecular complexity index is 1430. The van der Waals surface area contributed by atoms with Crippen LogP contribution >= 0.6 is 0 Å². The smallest absolute Gasteiger partial charge is 0.410 e. The molecule has 3 aromatic rings. The first-order chi connectivity index (χ1) is 19.8. The minimum absolute atomic E-state index is 0. The monoisotopic (exact) mass is 607 g/mol. The van der Waals surface area contributed by atoms with E-state index in [1.54, 1.807) is 31.3 Å². The molecule has 1 saturated carbocycles. The standard InChI is InChI=1S/C27H36F2N8O5.H3N/c1-15-21(35-42-34-15)23(38)33-22(16-6-9-27(28,29)10-7-16)19-14-37-24(32-19)31-18(13-30-37)20-12-17(40-5)8-11-36(20)25(39)41-26(2,3)4;/h13-14,16-17,20,22H,6-12H2,1-5H3,(H,33,38);1H3/t17?,20?,22-;/m0./s1. The van der Waals surface area contributed by atoms with Crippen LogP contribution in [0.1, 0.15) is 99.0 Å². The molecule has 1 saturated heterocycles. The van der Waals surface area contributed by atoms with Crippen molar-refractivity contribution in [1.82, 2.24) is 46.3 Å². The van der Waals surface area contributed by atoms with Gasteiger partial charge in [-0.15, -0.1) is 0 Å². The summed E-state index contributed by atoms with van der Waals surface area (Å²) >= 11 is 0. The van der Waals surface area contributed by atoms with Crippen LogP contribution in [0.5, 0.6) is 0 Å². The Labute approximate surface area is 247 Å². The molecule has 5 rings (SSSR count). The average molecular weight is 608 g/mol. The summed E-state index contributed by atoms with van der Waals surface area (Å²) < 4.78 is 45.4. The number of likely N-dealkylation sites (tertiary alicyclic amines) is 1. The van der Waals surface area contributed by atoms with Gasteiger partial charge in [0.2, 0.25) is 5.92 Å². The second-order valence-corrected chi connectivity index (χ2v) is 12.0. The van der Waals surface area contributed by atoms with Crippen LogP contribution in [0, 0.1) is 12.8 Å². The number of amides is 2. The van der Waals surface area contributed by atoms with Gasteiger partial charge in [-0.3, -0.25) is 9.69 Å². The van der Waals surface area contributed by atoms with E-state index in [9.17, 15) is 18.4 Å². The van der Waals surface area contributed by atoms with Crippen LogP contribution in [0.2, 0.25) is 0 Å². The van der Waals surface area contributed by atoms with Crippen molar-refractivity contribution in [3.8, 4) is 0 Å². The Kier molecular flexibility index (Phi) is 9.30. The first-order valence-electron chi connectivity index (χ1n) is 14.1. The van der Waals surface area contributed by atoms with Gasteiger partial charge in [-0.25, -0.2) is 32.7 Å². The molecule has 14 nitrogen and oxygen atoms in total. The van der Waals surface area contributed by atoms with E-state index in [1.165, 1.54) is 4.52 Å². The van der Waals surface area contributed by atoms with Crippen molar-refractivity contribution in [2.45, 2.75) is 95.9 Å². The molecule has 2 fully saturated rings. The van der Waals surface area contributed by atoms with Crippen LogP contribution < -0.4 is 11.5 Å². The van der Waals surface area contributed by atoms with Gasteiger partial charge in [-0.2, -0.15) is 5.10 Å². The highest BCUT2D eigenvalue weighted by atomic mass is 19.3. The minimum atomic E-state index is -2.74. The molecule has 1 aliphatic carbocycles. The van der Waals surface area contributed by atoms with Crippen LogP contribution in [-0.2, 0) is 9.47 Å². The highest BCUT2D eigenvalue weighted by molar-refractivity contribution is 5.93. The molecule has 2 unspecified atom stereocenters. The minimum Gasteiger partial charge on any atom is -0.444 e. The lowest BCUT2D eigenvalue weighted by Gasteiger charge is -2.39. The zero-order valence-corrected chi connectivity index (χ0v) is 25.0.